The molecule has 0 aliphatic heterocycles. The monoisotopic (exact) mass is 446 g/mol. The lowest BCUT2D eigenvalue weighted by molar-refractivity contribution is -0.120. The first kappa shape index (κ1) is 20.8. The van der Waals surface area contributed by atoms with Crippen LogP contribution in [0.25, 0.3) is 10.9 Å². The van der Waals surface area contributed by atoms with Gasteiger partial charge in [-0.25, -0.2) is 14.3 Å². The Morgan fingerprint density at radius 3 is 2.80 bits per heavy atom. The van der Waals surface area contributed by atoms with E-state index in [4.69, 9.17) is 11.6 Å². The normalized spacial score (nSPS) is 15.9. The van der Waals surface area contributed by atoms with E-state index in [1.807, 2.05) is 0 Å². The Morgan fingerprint density at radius 1 is 1.33 bits per heavy atom. The highest BCUT2D eigenvalue weighted by Crippen LogP contribution is 2.31. The summed E-state index contributed by atoms with van der Waals surface area (Å²) in [6, 6.07) is 2.31. The lowest BCUT2D eigenvalue weighted by Gasteiger charge is -2.26. The summed E-state index contributed by atoms with van der Waals surface area (Å²) in [6.07, 6.45) is 7.40. The topological polar surface area (TPSA) is 96.8 Å². The fraction of sp³-hybridized carbons (Fsp3) is 0.429. The van der Waals surface area contributed by atoms with Gasteiger partial charge < -0.3 is 10.3 Å². The van der Waals surface area contributed by atoms with Gasteiger partial charge in [-0.2, -0.15) is 0 Å². The second-order valence-electron chi connectivity index (χ2n) is 7.83. The summed E-state index contributed by atoms with van der Waals surface area (Å²) in [6.45, 7) is 1.78. The lowest BCUT2D eigenvalue weighted by atomic mass is 9.84. The first-order valence-electron chi connectivity index (χ1n) is 10.1. The third-order valence-corrected chi connectivity index (χ3v) is 6.67. The number of anilines is 1. The molecule has 1 amide bonds. The zero-order valence-corrected chi connectivity index (χ0v) is 18.2. The van der Waals surface area contributed by atoms with E-state index in [-0.39, 0.29) is 5.92 Å². The number of fused-ring (bicyclic) bond motifs is 1. The maximum absolute atomic E-state index is 13.3. The number of carbonyl (C=O) groups excluding carboxylic acids is 1. The van der Waals surface area contributed by atoms with E-state index in [1.165, 1.54) is 23.8 Å². The van der Waals surface area contributed by atoms with Crippen molar-refractivity contribution in [2.75, 3.05) is 5.32 Å². The van der Waals surface area contributed by atoms with Crippen molar-refractivity contribution in [3.05, 3.63) is 55.1 Å². The van der Waals surface area contributed by atoms with E-state index in [0.717, 1.165) is 30.3 Å². The maximum atomic E-state index is 13.3. The molecule has 0 saturated heterocycles. The van der Waals surface area contributed by atoms with Crippen LogP contribution in [0.2, 0.25) is 5.02 Å². The summed E-state index contributed by atoms with van der Waals surface area (Å²) >= 11 is 7.45. The Hall–Kier alpha value is -2.45. The van der Waals surface area contributed by atoms with Crippen LogP contribution >= 0.6 is 22.9 Å². The molecule has 2 heterocycles. The molecule has 1 atom stereocenters. The number of aryl methyl sites for hydroxylation is 1. The molecule has 0 radical (unpaired) electrons. The molecule has 1 unspecified atom stereocenters. The average Bonchev–Trinajstić information content (AvgIpc) is 3.22. The standard InChI is InChI=1S/C21H23ClN4O3S/c1-12-9-14(22)11-15-17(12)24-21(29)26(19(15)28)16(10-13-5-3-2-4-6-13)18(27)25-20-23-7-8-30-20/h7-9,11,13,16H,2-6,10H2,1H3,(H,24,29)(H,23,25,27). The van der Waals surface area contributed by atoms with Gasteiger partial charge in [0.05, 0.1) is 10.9 Å². The number of aromatic nitrogens is 3. The van der Waals surface area contributed by atoms with Crippen molar-refractivity contribution in [3.63, 3.8) is 0 Å². The first-order valence-corrected chi connectivity index (χ1v) is 11.3. The highest BCUT2D eigenvalue weighted by Gasteiger charge is 2.29. The van der Waals surface area contributed by atoms with Crippen molar-refractivity contribution >= 4 is 44.9 Å². The van der Waals surface area contributed by atoms with Crippen LogP contribution in [0.4, 0.5) is 5.13 Å². The zero-order chi connectivity index (χ0) is 21.3. The fourth-order valence-corrected chi connectivity index (χ4v) is 5.10. The van der Waals surface area contributed by atoms with Gasteiger partial charge in [0.1, 0.15) is 6.04 Å². The van der Waals surface area contributed by atoms with Crippen molar-refractivity contribution in [1.82, 2.24) is 14.5 Å². The number of nitrogens with zero attached hydrogens (tertiary/aromatic N) is 2. The van der Waals surface area contributed by atoms with Gasteiger partial charge in [-0.1, -0.05) is 43.7 Å². The zero-order valence-electron chi connectivity index (χ0n) is 16.6. The number of rotatable bonds is 5. The van der Waals surface area contributed by atoms with Gasteiger partial charge in [-0.15, -0.1) is 11.3 Å². The maximum Gasteiger partial charge on any atom is 0.329 e. The lowest BCUT2D eigenvalue weighted by Crippen LogP contribution is -2.43. The molecular weight excluding hydrogens is 424 g/mol. The van der Waals surface area contributed by atoms with Crippen LogP contribution in [-0.2, 0) is 4.79 Å². The number of benzene rings is 1. The largest absolute Gasteiger partial charge is 0.329 e. The van der Waals surface area contributed by atoms with Gasteiger partial charge in [-0.3, -0.25) is 9.59 Å². The van der Waals surface area contributed by atoms with Crippen molar-refractivity contribution in [3.8, 4) is 0 Å². The smallest absolute Gasteiger partial charge is 0.306 e. The van der Waals surface area contributed by atoms with Crippen LogP contribution in [0.5, 0.6) is 0 Å². The Balaban J connectivity index is 1.81. The van der Waals surface area contributed by atoms with E-state index in [0.29, 0.717) is 33.0 Å². The van der Waals surface area contributed by atoms with Crippen LogP contribution < -0.4 is 16.6 Å². The van der Waals surface area contributed by atoms with Gasteiger partial charge in [0.2, 0.25) is 5.91 Å². The number of H-pyrrole nitrogens is 1. The van der Waals surface area contributed by atoms with E-state index < -0.39 is 23.2 Å². The summed E-state index contributed by atoms with van der Waals surface area (Å²) < 4.78 is 1.05. The van der Waals surface area contributed by atoms with Crippen LogP contribution in [0.15, 0.2) is 33.3 Å². The van der Waals surface area contributed by atoms with E-state index in [1.54, 1.807) is 24.6 Å². The quantitative estimate of drug-likeness (QED) is 0.611. The van der Waals surface area contributed by atoms with Gasteiger partial charge in [0.25, 0.3) is 5.56 Å². The molecule has 2 aromatic heterocycles. The summed E-state index contributed by atoms with van der Waals surface area (Å²) in [5.74, 6) is -0.116. The summed E-state index contributed by atoms with van der Waals surface area (Å²) in [5, 5.41) is 5.67. The molecule has 4 rings (SSSR count). The molecule has 1 aromatic carbocycles. The molecule has 2 N–H and O–H groups in total. The molecule has 0 bridgehead atoms. The third kappa shape index (κ3) is 4.20. The number of thiazole rings is 1. The van der Waals surface area contributed by atoms with Crippen molar-refractivity contribution in [2.45, 2.75) is 51.5 Å². The molecule has 9 heteroatoms. The number of carbonyl (C=O) groups is 1. The predicted octanol–water partition coefficient (Wildman–Crippen LogP) is 4.26. The minimum absolute atomic E-state index is 0.286. The molecule has 1 aliphatic rings. The molecular formula is C21H23ClN4O3S. The van der Waals surface area contributed by atoms with Gasteiger partial charge in [-0.05, 0) is 37.0 Å². The van der Waals surface area contributed by atoms with E-state index in [2.05, 4.69) is 15.3 Å². The molecule has 0 spiro atoms. The fourth-order valence-electron chi connectivity index (χ4n) is 4.29. The Labute approximate surface area is 182 Å². The van der Waals surface area contributed by atoms with Crippen LogP contribution in [0.1, 0.15) is 50.1 Å². The Bertz CT molecular complexity index is 1180. The predicted molar refractivity (Wildman–Crippen MR) is 120 cm³/mol. The second-order valence-corrected chi connectivity index (χ2v) is 9.16. The number of hydrogen-bond donors (Lipinski definition) is 2. The summed E-state index contributed by atoms with van der Waals surface area (Å²) in [5.41, 5.74) is 0.0554. The SMILES string of the molecule is Cc1cc(Cl)cc2c(=O)n(C(CC3CCCCC3)C(=O)Nc3nccs3)c(=O)[nH]c12. The number of hydrogen-bond acceptors (Lipinski definition) is 5. The van der Waals surface area contributed by atoms with E-state index >= 15 is 0 Å². The molecule has 1 aliphatic carbocycles. The second kappa shape index (κ2) is 8.73. The van der Waals surface area contributed by atoms with Gasteiger partial charge in [0.15, 0.2) is 5.13 Å². The summed E-state index contributed by atoms with van der Waals surface area (Å²) in [7, 11) is 0. The molecule has 1 fully saturated rings. The van der Waals surface area contributed by atoms with Crippen LogP contribution in [-0.4, -0.2) is 20.4 Å². The molecule has 1 saturated carbocycles. The molecule has 7 nitrogen and oxygen atoms in total. The number of halogens is 1. The highest BCUT2D eigenvalue weighted by molar-refractivity contribution is 7.13. The minimum Gasteiger partial charge on any atom is -0.306 e. The van der Waals surface area contributed by atoms with Gasteiger partial charge in [0, 0.05) is 16.6 Å². The molecule has 3 aromatic rings. The van der Waals surface area contributed by atoms with Crippen molar-refractivity contribution < 1.29 is 4.79 Å². The highest BCUT2D eigenvalue weighted by atomic mass is 35.5. The number of aromatic amines is 1. The van der Waals surface area contributed by atoms with Crippen molar-refractivity contribution in [2.24, 2.45) is 5.92 Å². The molecule has 158 valence electrons. The number of amides is 1. The van der Waals surface area contributed by atoms with E-state index in [9.17, 15) is 14.4 Å². The minimum atomic E-state index is -0.920. The Kier molecular flexibility index (Phi) is 6.06. The molecule has 30 heavy (non-hydrogen) atoms. The Morgan fingerprint density at radius 2 is 2.10 bits per heavy atom. The average molecular weight is 447 g/mol. The van der Waals surface area contributed by atoms with Crippen LogP contribution in [0, 0.1) is 12.8 Å². The van der Waals surface area contributed by atoms with Crippen LogP contribution in [0.3, 0.4) is 0 Å². The van der Waals surface area contributed by atoms with Gasteiger partial charge >= 0.3 is 5.69 Å². The third-order valence-electron chi connectivity index (χ3n) is 5.76. The first-order chi connectivity index (χ1) is 14.4. The summed E-state index contributed by atoms with van der Waals surface area (Å²) in [4.78, 5) is 46.3. The van der Waals surface area contributed by atoms with Crippen molar-refractivity contribution in [1.29, 1.82) is 0 Å². The number of nitrogens with one attached hydrogen (secondary N) is 2.